The molecule has 1 unspecified atom stereocenters. The number of nitrogens with two attached hydrogens (primary N) is 1. The van der Waals surface area contributed by atoms with Crippen molar-refractivity contribution in [1.29, 1.82) is 5.41 Å². The Balaban J connectivity index is 2.13. The second-order valence-electron chi connectivity index (χ2n) is 4.93. The van der Waals surface area contributed by atoms with Gasteiger partial charge in [0.2, 0.25) is 0 Å². The first kappa shape index (κ1) is 13.8. The smallest absolute Gasteiger partial charge is 0.170 e. The van der Waals surface area contributed by atoms with Crippen LogP contribution >= 0.6 is 15.9 Å². The number of nitrogens with zero attached hydrogens (tertiary/aromatic N) is 2. The summed E-state index contributed by atoms with van der Waals surface area (Å²) >= 11 is 3.33. The van der Waals surface area contributed by atoms with E-state index in [1.54, 1.807) is 18.2 Å². The molecular weight excluding hydrogens is 332 g/mol. The van der Waals surface area contributed by atoms with Gasteiger partial charge in [-0.05, 0) is 58.7 Å². The van der Waals surface area contributed by atoms with Crippen molar-refractivity contribution in [1.82, 2.24) is 0 Å². The lowest BCUT2D eigenvalue weighted by Crippen LogP contribution is -2.24. The summed E-state index contributed by atoms with van der Waals surface area (Å²) in [5.41, 5.74) is 7.77. The number of rotatable bonds is 2. The number of halogens is 1. The third-order valence-electron chi connectivity index (χ3n) is 3.32. The number of phenolic OH excluding ortho intramolecular Hbond substituents is 1. The number of nitrogens with one attached hydrogen (secondary N) is 1. The van der Waals surface area contributed by atoms with Crippen molar-refractivity contribution in [2.75, 3.05) is 0 Å². The molecule has 1 aliphatic heterocycles. The summed E-state index contributed by atoms with van der Waals surface area (Å²) in [6.07, 6.45) is -0.474. The molecule has 0 amide bonds. The van der Waals surface area contributed by atoms with Gasteiger partial charge in [0.25, 0.3) is 0 Å². The first-order valence-electron chi connectivity index (χ1n) is 6.35. The predicted molar refractivity (Wildman–Crippen MR) is 83.1 cm³/mol. The Labute approximate surface area is 129 Å². The van der Waals surface area contributed by atoms with Crippen LogP contribution in [0.2, 0.25) is 0 Å². The average Bonchev–Trinajstić information content (AvgIpc) is 2.85. The van der Waals surface area contributed by atoms with E-state index in [4.69, 9.17) is 11.1 Å². The summed E-state index contributed by atoms with van der Waals surface area (Å²) in [5, 5.41) is 19.1. The van der Waals surface area contributed by atoms with Gasteiger partial charge in [-0.25, -0.2) is 0 Å². The molecule has 1 heterocycles. The fourth-order valence-electron chi connectivity index (χ4n) is 2.29. The molecule has 2 aromatic rings. The summed E-state index contributed by atoms with van der Waals surface area (Å²) in [7, 11) is 0. The molecule has 106 valence electrons. The monoisotopic (exact) mass is 344 g/mol. The topological polar surface area (TPSA) is 94.8 Å². The molecule has 21 heavy (non-hydrogen) atoms. The zero-order valence-corrected chi connectivity index (χ0v) is 12.8. The lowest BCUT2D eigenvalue weighted by molar-refractivity contribution is 0.459. The van der Waals surface area contributed by atoms with Gasteiger partial charge >= 0.3 is 0 Å². The molecule has 6 heteroatoms. The van der Waals surface area contributed by atoms with Crippen LogP contribution in [0, 0.1) is 12.3 Å². The number of nitrogen functional groups attached to an aromatic ring is 1. The summed E-state index contributed by atoms with van der Waals surface area (Å²) in [6.45, 7) is 1.95. The molecule has 5 nitrogen and oxygen atoms in total. The van der Waals surface area contributed by atoms with Crippen molar-refractivity contribution in [2.24, 2.45) is 15.7 Å². The fourth-order valence-corrected chi connectivity index (χ4v) is 2.88. The quantitative estimate of drug-likeness (QED) is 0.571. The van der Waals surface area contributed by atoms with Crippen molar-refractivity contribution in [2.45, 2.75) is 13.1 Å². The number of aromatic hydroxyl groups is 1. The summed E-state index contributed by atoms with van der Waals surface area (Å²) < 4.78 is 0.628. The maximum atomic E-state index is 10.2. The van der Waals surface area contributed by atoms with Crippen LogP contribution in [-0.2, 0) is 0 Å². The third-order valence-corrected chi connectivity index (χ3v) is 3.93. The fraction of sp³-hybridized carbons (Fsp3) is 0.133. The van der Waals surface area contributed by atoms with E-state index in [-0.39, 0.29) is 11.6 Å². The summed E-state index contributed by atoms with van der Waals surface area (Å²) in [4.78, 5) is 9.01. The SMILES string of the molecule is Cc1cc(Br)c(O)c(C2N=c3ccc(C(=N)N)cc3=N2)c1. The molecule has 1 aliphatic rings. The Kier molecular flexibility index (Phi) is 3.25. The van der Waals surface area contributed by atoms with E-state index in [1.165, 1.54) is 0 Å². The second kappa shape index (κ2) is 4.96. The predicted octanol–water partition coefficient (Wildman–Crippen LogP) is 1.70. The molecule has 0 aliphatic carbocycles. The maximum Gasteiger partial charge on any atom is 0.170 e. The van der Waals surface area contributed by atoms with Crippen molar-refractivity contribution >= 4 is 21.8 Å². The number of hydrogen-bond donors (Lipinski definition) is 3. The van der Waals surface area contributed by atoms with Gasteiger partial charge in [-0.15, -0.1) is 0 Å². The van der Waals surface area contributed by atoms with Crippen LogP contribution in [0.15, 0.2) is 44.8 Å². The molecule has 0 aromatic heterocycles. The lowest BCUT2D eigenvalue weighted by atomic mass is 10.1. The number of benzene rings is 2. The molecule has 0 saturated heterocycles. The molecule has 1 atom stereocenters. The number of aryl methyl sites for hydroxylation is 1. The van der Waals surface area contributed by atoms with Crippen LogP contribution < -0.4 is 16.4 Å². The minimum Gasteiger partial charge on any atom is -0.506 e. The first-order valence-corrected chi connectivity index (χ1v) is 7.14. The Morgan fingerprint density at radius 3 is 2.67 bits per heavy atom. The van der Waals surface area contributed by atoms with Gasteiger partial charge in [0.05, 0.1) is 15.2 Å². The first-order chi connectivity index (χ1) is 9.95. The van der Waals surface area contributed by atoms with Crippen LogP contribution in [-0.4, -0.2) is 10.9 Å². The highest BCUT2D eigenvalue weighted by molar-refractivity contribution is 9.10. The Morgan fingerprint density at radius 2 is 1.95 bits per heavy atom. The Hall–Kier alpha value is -2.21. The van der Waals surface area contributed by atoms with Gasteiger partial charge in [0, 0.05) is 11.1 Å². The van der Waals surface area contributed by atoms with E-state index in [0.717, 1.165) is 10.9 Å². The summed E-state index contributed by atoms with van der Waals surface area (Å²) in [6, 6.07) is 8.99. The van der Waals surface area contributed by atoms with E-state index in [9.17, 15) is 5.11 Å². The van der Waals surface area contributed by atoms with Gasteiger partial charge in [0.1, 0.15) is 11.6 Å². The highest BCUT2D eigenvalue weighted by Gasteiger charge is 2.19. The second-order valence-corrected chi connectivity index (χ2v) is 5.79. The summed E-state index contributed by atoms with van der Waals surface area (Å²) in [5.74, 6) is 0.148. The van der Waals surface area contributed by atoms with E-state index < -0.39 is 6.17 Å². The van der Waals surface area contributed by atoms with Crippen LogP contribution in [0.25, 0.3) is 0 Å². The lowest BCUT2D eigenvalue weighted by Gasteiger charge is -2.10. The number of phenols is 1. The van der Waals surface area contributed by atoms with Crippen LogP contribution in [0.3, 0.4) is 0 Å². The molecule has 0 fully saturated rings. The molecule has 3 rings (SSSR count). The highest BCUT2D eigenvalue weighted by Crippen LogP contribution is 2.35. The van der Waals surface area contributed by atoms with Gasteiger partial charge in [-0.2, -0.15) is 0 Å². The molecule has 4 N–H and O–H groups in total. The molecule has 2 aromatic carbocycles. The van der Waals surface area contributed by atoms with Gasteiger partial charge in [-0.1, -0.05) is 0 Å². The van der Waals surface area contributed by atoms with Crippen LogP contribution in [0.5, 0.6) is 5.75 Å². The molecule has 0 radical (unpaired) electrons. The molecular formula is C15H13BrN4O. The normalized spacial score (nSPS) is 16.0. The minimum absolute atomic E-state index is 0.00222. The van der Waals surface area contributed by atoms with Gasteiger partial charge in [0.15, 0.2) is 6.17 Å². The van der Waals surface area contributed by atoms with Crippen molar-refractivity contribution in [3.05, 3.63) is 62.2 Å². The third kappa shape index (κ3) is 2.42. The average molecular weight is 345 g/mol. The van der Waals surface area contributed by atoms with Gasteiger partial charge in [-0.3, -0.25) is 15.4 Å². The van der Waals surface area contributed by atoms with Crippen LogP contribution in [0.1, 0.15) is 22.9 Å². The standard InChI is InChI=1S/C15H13BrN4O/c1-7-4-9(13(21)10(16)5-7)15-19-11-3-2-8(14(17)18)6-12(11)20-15/h2-6,15,21H,1H3,(H3,17,18). The van der Waals surface area contributed by atoms with E-state index in [1.807, 2.05) is 19.1 Å². The Bertz CT molecular complexity index is 876. The molecule has 0 saturated carbocycles. The largest absolute Gasteiger partial charge is 0.506 e. The zero-order chi connectivity index (χ0) is 15.1. The minimum atomic E-state index is -0.474. The van der Waals surface area contributed by atoms with E-state index in [2.05, 4.69) is 25.9 Å². The van der Waals surface area contributed by atoms with Crippen molar-refractivity contribution in [3.63, 3.8) is 0 Å². The molecule has 0 bridgehead atoms. The van der Waals surface area contributed by atoms with Crippen molar-refractivity contribution < 1.29 is 5.11 Å². The van der Waals surface area contributed by atoms with E-state index in [0.29, 0.717) is 21.0 Å². The number of fused-ring (bicyclic) bond motifs is 1. The highest BCUT2D eigenvalue weighted by atomic mass is 79.9. The number of hydrogen-bond acceptors (Lipinski definition) is 4. The van der Waals surface area contributed by atoms with Crippen molar-refractivity contribution in [3.8, 4) is 5.75 Å². The van der Waals surface area contributed by atoms with E-state index >= 15 is 0 Å². The Morgan fingerprint density at radius 1 is 1.24 bits per heavy atom. The molecule has 0 spiro atoms. The number of amidine groups is 1. The van der Waals surface area contributed by atoms with Crippen LogP contribution in [0.4, 0.5) is 0 Å². The zero-order valence-electron chi connectivity index (χ0n) is 11.3. The van der Waals surface area contributed by atoms with Gasteiger partial charge < -0.3 is 10.8 Å². The maximum absolute atomic E-state index is 10.2.